The third-order valence-corrected chi connectivity index (χ3v) is 6.13. The summed E-state index contributed by atoms with van der Waals surface area (Å²) in [6.45, 7) is 6.31. The lowest BCUT2D eigenvalue weighted by Crippen LogP contribution is -2.46. The van der Waals surface area contributed by atoms with Crippen molar-refractivity contribution in [3.63, 3.8) is 0 Å². The largest absolute Gasteiger partial charge is 0.361 e. The molecule has 148 valence electrons. The number of aromatic nitrogens is 3. The molecule has 0 radical (unpaired) electrons. The van der Waals surface area contributed by atoms with E-state index in [0.717, 1.165) is 71.3 Å². The number of piperazine rings is 1. The van der Waals surface area contributed by atoms with Crippen LogP contribution in [0, 0.1) is 12.7 Å². The molecule has 8 heteroatoms. The molecule has 1 aliphatic heterocycles. The van der Waals surface area contributed by atoms with Gasteiger partial charge in [-0.25, -0.2) is 14.4 Å². The van der Waals surface area contributed by atoms with Gasteiger partial charge >= 0.3 is 0 Å². The molecule has 0 spiro atoms. The Hall–Kier alpha value is -2.84. The van der Waals surface area contributed by atoms with Crippen LogP contribution >= 0.6 is 11.3 Å². The van der Waals surface area contributed by atoms with Crippen molar-refractivity contribution in [2.75, 3.05) is 31.1 Å². The number of hydrogen-bond donors (Lipinski definition) is 0. The molecule has 0 aliphatic carbocycles. The summed E-state index contributed by atoms with van der Waals surface area (Å²) in [4.78, 5) is 14.7. The molecule has 0 N–H and O–H groups in total. The molecule has 1 fully saturated rings. The first-order valence-corrected chi connectivity index (χ1v) is 10.4. The van der Waals surface area contributed by atoms with Crippen molar-refractivity contribution in [3.05, 3.63) is 59.3 Å². The molecule has 3 aromatic heterocycles. The van der Waals surface area contributed by atoms with E-state index in [0.29, 0.717) is 0 Å². The van der Waals surface area contributed by atoms with Gasteiger partial charge in [0.25, 0.3) is 0 Å². The molecule has 0 saturated carbocycles. The van der Waals surface area contributed by atoms with Crippen LogP contribution in [0.2, 0.25) is 0 Å². The number of anilines is 1. The summed E-state index contributed by atoms with van der Waals surface area (Å²) in [5, 5.41) is 7.22. The van der Waals surface area contributed by atoms with E-state index in [9.17, 15) is 4.39 Å². The Morgan fingerprint density at radius 3 is 2.62 bits per heavy atom. The van der Waals surface area contributed by atoms with Crippen LogP contribution in [-0.2, 0) is 6.54 Å². The van der Waals surface area contributed by atoms with Crippen molar-refractivity contribution >= 4 is 27.4 Å². The molecule has 29 heavy (non-hydrogen) atoms. The second-order valence-electron chi connectivity index (χ2n) is 7.23. The van der Waals surface area contributed by atoms with Crippen molar-refractivity contribution in [3.8, 4) is 11.1 Å². The number of halogens is 1. The van der Waals surface area contributed by atoms with E-state index in [2.05, 4.69) is 30.3 Å². The molecule has 1 aromatic carbocycles. The number of aryl methyl sites for hydroxylation is 1. The van der Waals surface area contributed by atoms with E-state index >= 15 is 0 Å². The maximum absolute atomic E-state index is 13.4. The predicted molar refractivity (Wildman–Crippen MR) is 112 cm³/mol. The summed E-state index contributed by atoms with van der Waals surface area (Å²) < 4.78 is 18.5. The first-order chi connectivity index (χ1) is 14.2. The fraction of sp³-hybridized carbons (Fsp3) is 0.286. The van der Waals surface area contributed by atoms with Gasteiger partial charge in [0.15, 0.2) is 0 Å². The van der Waals surface area contributed by atoms with Gasteiger partial charge in [-0.1, -0.05) is 17.3 Å². The van der Waals surface area contributed by atoms with Gasteiger partial charge in [0.1, 0.15) is 28.6 Å². The standard InChI is InChI=1S/C21H20FN5OS/c1-14-10-17(25-28-14)11-26-6-8-27(9-7-26)20-19-18(12-29-21(19)24-13-23-20)15-2-4-16(22)5-3-15/h2-5,10,12-13H,6-9,11H2,1H3. The molecule has 0 amide bonds. The average molecular weight is 409 g/mol. The zero-order valence-electron chi connectivity index (χ0n) is 16.0. The molecule has 0 unspecified atom stereocenters. The lowest BCUT2D eigenvalue weighted by molar-refractivity contribution is 0.241. The zero-order chi connectivity index (χ0) is 19.8. The van der Waals surface area contributed by atoms with Crippen molar-refractivity contribution in [2.45, 2.75) is 13.5 Å². The average Bonchev–Trinajstić information content (AvgIpc) is 3.35. The summed E-state index contributed by atoms with van der Waals surface area (Å²) in [6, 6.07) is 8.59. The van der Waals surface area contributed by atoms with Crippen LogP contribution in [0.5, 0.6) is 0 Å². The minimum atomic E-state index is -0.233. The molecule has 1 aliphatic rings. The molecule has 0 bridgehead atoms. The minimum Gasteiger partial charge on any atom is -0.361 e. The Labute approximate surface area is 171 Å². The first kappa shape index (κ1) is 18.2. The van der Waals surface area contributed by atoms with Gasteiger partial charge in [0.2, 0.25) is 0 Å². The molecular formula is C21H20FN5OS. The highest BCUT2D eigenvalue weighted by molar-refractivity contribution is 7.17. The highest BCUT2D eigenvalue weighted by Crippen LogP contribution is 2.38. The second-order valence-corrected chi connectivity index (χ2v) is 8.08. The highest BCUT2D eigenvalue weighted by Gasteiger charge is 2.23. The van der Waals surface area contributed by atoms with Gasteiger partial charge in [-0.3, -0.25) is 4.90 Å². The van der Waals surface area contributed by atoms with Crippen LogP contribution in [0.25, 0.3) is 21.3 Å². The number of fused-ring (bicyclic) bond motifs is 1. The van der Waals surface area contributed by atoms with Gasteiger partial charge in [-0.2, -0.15) is 0 Å². The van der Waals surface area contributed by atoms with Crippen LogP contribution in [0.15, 0.2) is 46.6 Å². The van der Waals surface area contributed by atoms with E-state index in [1.165, 1.54) is 12.1 Å². The van der Waals surface area contributed by atoms with Crippen molar-refractivity contribution in [1.82, 2.24) is 20.0 Å². The maximum Gasteiger partial charge on any atom is 0.141 e. The maximum atomic E-state index is 13.4. The molecular weight excluding hydrogens is 389 g/mol. The summed E-state index contributed by atoms with van der Waals surface area (Å²) in [5.74, 6) is 1.56. The van der Waals surface area contributed by atoms with Crippen LogP contribution in [-0.4, -0.2) is 46.2 Å². The van der Waals surface area contributed by atoms with Gasteiger partial charge in [0, 0.05) is 49.7 Å². The Bertz CT molecular complexity index is 1130. The summed E-state index contributed by atoms with van der Waals surface area (Å²) in [7, 11) is 0. The molecule has 5 rings (SSSR count). The quantitative estimate of drug-likeness (QED) is 0.505. The zero-order valence-corrected chi connectivity index (χ0v) is 16.8. The topological polar surface area (TPSA) is 58.3 Å². The van der Waals surface area contributed by atoms with E-state index in [-0.39, 0.29) is 5.82 Å². The Morgan fingerprint density at radius 1 is 1.10 bits per heavy atom. The van der Waals surface area contributed by atoms with Gasteiger partial charge in [-0.05, 0) is 24.6 Å². The van der Waals surface area contributed by atoms with Crippen molar-refractivity contribution < 1.29 is 8.91 Å². The van der Waals surface area contributed by atoms with Crippen LogP contribution in [0.3, 0.4) is 0 Å². The van der Waals surface area contributed by atoms with Gasteiger partial charge in [0.05, 0.1) is 11.1 Å². The molecule has 4 aromatic rings. The first-order valence-electron chi connectivity index (χ1n) is 9.55. The fourth-order valence-corrected chi connectivity index (χ4v) is 4.69. The van der Waals surface area contributed by atoms with Crippen molar-refractivity contribution in [2.24, 2.45) is 0 Å². The Morgan fingerprint density at radius 2 is 1.90 bits per heavy atom. The van der Waals surface area contributed by atoms with E-state index in [4.69, 9.17) is 4.52 Å². The molecule has 6 nitrogen and oxygen atoms in total. The van der Waals surface area contributed by atoms with Gasteiger partial charge in [-0.15, -0.1) is 11.3 Å². The Kier molecular flexibility index (Phi) is 4.73. The third-order valence-electron chi connectivity index (χ3n) is 5.24. The number of benzene rings is 1. The summed E-state index contributed by atoms with van der Waals surface area (Å²) >= 11 is 1.60. The Balaban J connectivity index is 1.39. The number of thiophene rings is 1. The highest BCUT2D eigenvalue weighted by atomic mass is 32.1. The number of nitrogens with zero attached hydrogens (tertiary/aromatic N) is 5. The van der Waals surface area contributed by atoms with Crippen molar-refractivity contribution in [1.29, 1.82) is 0 Å². The van der Waals surface area contributed by atoms with E-state index in [1.54, 1.807) is 17.7 Å². The minimum absolute atomic E-state index is 0.233. The monoisotopic (exact) mass is 409 g/mol. The second kappa shape index (κ2) is 7.53. The summed E-state index contributed by atoms with van der Waals surface area (Å²) in [5.41, 5.74) is 3.01. The lowest BCUT2D eigenvalue weighted by atomic mass is 10.1. The fourth-order valence-electron chi connectivity index (χ4n) is 3.78. The predicted octanol–water partition coefficient (Wildman–Crippen LogP) is 4.12. The molecule has 4 heterocycles. The van der Waals surface area contributed by atoms with E-state index in [1.807, 2.05) is 25.1 Å². The van der Waals surface area contributed by atoms with Crippen LogP contribution in [0.1, 0.15) is 11.5 Å². The van der Waals surface area contributed by atoms with E-state index < -0.39 is 0 Å². The van der Waals surface area contributed by atoms with Crippen LogP contribution in [0.4, 0.5) is 10.2 Å². The molecule has 0 atom stereocenters. The molecule has 1 saturated heterocycles. The smallest absolute Gasteiger partial charge is 0.141 e. The third kappa shape index (κ3) is 3.61. The van der Waals surface area contributed by atoms with Gasteiger partial charge < -0.3 is 9.42 Å². The normalized spacial score (nSPS) is 15.3. The van der Waals surface area contributed by atoms with Crippen LogP contribution < -0.4 is 4.90 Å². The lowest BCUT2D eigenvalue weighted by Gasteiger charge is -2.35. The SMILES string of the molecule is Cc1cc(CN2CCN(c3ncnc4scc(-c5ccc(F)cc5)c34)CC2)no1. The summed E-state index contributed by atoms with van der Waals surface area (Å²) in [6.07, 6.45) is 1.63. The number of rotatable bonds is 4. The number of hydrogen-bond acceptors (Lipinski definition) is 7.